The molecule has 0 fully saturated rings. The maximum Gasteiger partial charge on any atom is 0.228 e. The Bertz CT molecular complexity index is 1480. The summed E-state index contributed by atoms with van der Waals surface area (Å²) < 4.78 is 13.8. The van der Waals surface area contributed by atoms with E-state index in [1.54, 1.807) is 30.0 Å². The molecular weight excluding hydrogens is 445 g/mol. The highest BCUT2D eigenvalue weighted by Crippen LogP contribution is 2.33. The van der Waals surface area contributed by atoms with Crippen LogP contribution in [0.1, 0.15) is 11.1 Å². The van der Waals surface area contributed by atoms with E-state index in [1.807, 2.05) is 24.3 Å². The summed E-state index contributed by atoms with van der Waals surface area (Å²) in [6.45, 7) is 2.07. The largest absolute Gasteiger partial charge is 0.326 e. The number of H-pyrrole nitrogens is 1. The molecule has 2 N–H and O–H groups in total. The van der Waals surface area contributed by atoms with Crippen LogP contribution in [0.5, 0.6) is 0 Å². The van der Waals surface area contributed by atoms with Gasteiger partial charge in [-0.15, -0.1) is 0 Å². The molecule has 0 saturated heterocycles. The normalized spacial score (nSPS) is 11.0. The average Bonchev–Trinajstić information content (AvgIpc) is 3.24. The van der Waals surface area contributed by atoms with Crippen LogP contribution in [-0.4, -0.2) is 16.1 Å². The third-order valence-electron chi connectivity index (χ3n) is 5.52. The molecule has 0 radical (unpaired) electrons. The van der Waals surface area contributed by atoms with E-state index in [2.05, 4.69) is 64.9 Å². The second-order valence-electron chi connectivity index (χ2n) is 8.09. The molecule has 5 aromatic rings. The number of aromatic nitrogens is 2. The van der Waals surface area contributed by atoms with Crippen LogP contribution >= 0.6 is 11.8 Å². The van der Waals surface area contributed by atoms with Gasteiger partial charge in [0.05, 0.1) is 17.6 Å². The summed E-state index contributed by atoms with van der Waals surface area (Å²) >= 11 is 1.60. The predicted molar refractivity (Wildman–Crippen MR) is 136 cm³/mol. The smallest absolute Gasteiger partial charge is 0.228 e. The molecule has 0 unspecified atom stereocenters. The molecule has 4 aromatic carbocycles. The number of halogens is 1. The van der Waals surface area contributed by atoms with Gasteiger partial charge in [0, 0.05) is 26.4 Å². The lowest BCUT2D eigenvalue weighted by atomic mass is 10.1. The van der Waals surface area contributed by atoms with Crippen molar-refractivity contribution in [3.8, 4) is 11.3 Å². The molecule has 0 bridgehead atoms. The number of hydrogen-bond acceptors (Lipinski definition) is 3. The van der Waals surface area contributed by atoms with Crippen molar-refractivity contribution >= 4 is 34.3 Å². The van der Waals surface area contributed by atoms with E-state index in [4.69, 9.17) is 0 Å². The molecule has 1 heterocycles. The second kappa shape index (κ2) is 9.53. The zero-order valence-corrected chi connectivity index (χ0v) is 19.3. The summed E-state index contributed by atoms with van der Waals surface area (Å²) in [5.74, 6) is -0.628. The van der Waals surface area contributed by atoms with Gasteiger partial charge >= 0.3 is 0 Å². The van der Waals surface area contributed by atoms with Gasteiger partial charge in [-0.2, -0.15) is 5.10 Å². The Hall–Kier alpha value is -3.90. The predicted octanol–water partition coefficient (Wildman–Crippen LogP) is 7.01. The number of rotatable bonds is 6. The van der Waals surface area contributed by atoms with Crippen molar-refractivity contribution in [2.75, 3.05) is 5.32 Å². The van der Waals surface area contributed by atoms with Crippen molar-refractivity contribution in [3.63, 3.8) is 0 Å². The third kappa shape index (κ3) is 4.87. The number of hydrogen-bond donors (Lipinski definition) is 2. The monoisotopic (exact) mass is 467 g/mol. The summed E-state index contributed by atoms with van der Waals surface area (Å²) in [5.41, 5.74) is 5.25. The van der Waals surface area contributed by atoms with Crippen LogP contribution < -0.4 is 5.32 Å². The van der Waals surface area contributed by atoms with Gasteiger partial charge in [0.1, 0.15) is 5.82 Å². The lowest BCUT2D eigenvalue weighted by Crippen LogP contribution is -2.15. The first-order valence-electron chi connectivity index (χ1n) is 10.9. The van der Waals surface area contributed by atoms with E-state index < -0.39 is 0 Å². The Morgan fingerprint density at radius 3 is 2.56 bits per heavy atom. The van der Waals surface area contributed by atoms with Crippen LogP contribution in [0.4, 0.5) is 10.1 Å². The van der Waals surface area contributed by atoms with E-state index >= 15 is 0 Å². The number of anilines is 1. The summed E-state index contributed by atoms with van der Waals surface area (Å²) in [4.78, 5) is 14.4. The summed E-state index contributed by atoms with van der Waals surface area (Å²) in [6.07, 6.45) is -0.0101. The Balaban J connectivity index is 1.30. The van der Waals surface area contributed by atoms with E-state index in [1.165, 1.54) is 11.6 Å². The van der Waals surface area contributed by atoms with Gasteiger partial charge in [0.25, 0.3) is 0 Å². The number of aryl methyl sites for hydroxylation is 1. The van der Waals surface area contributed by atoms with Crippen LogP contribution in [0.25, 0.3) is 22.2 Å². The number of amides is 1. The fourth-order valence-electron chi connectivity index (χ4n) is 3.79. The molecule has 6 heteroatoms. The van der Waals surface area contributed by atoms with Crippen molar-refractivity contribution in [1.82, 2.24) is 10.2 Å². The maximum atomic E-state index is 13.8. The molecule has 0 aliphatic carbocycles. The molecule has 0 aliphatic heterocycles. The van der Waals surface area contributed by atoms with E-state index in [9.17, 15) is 9.18 Å². The lowest BCUT2D eigenvalue weighted by molar-refractivity contribution is -0.115. The summed E-state index contributed by atoms with van der Waals surface area (Å²) in [5, 5.41) is 11.6. The van der Waals surface area contributed by atoms with E-state index in [0.29, 0.717) is 11.3 Å². The van der Waals surface area contributed by atoms with Gasteiger partial charge in [-0.3, -0.25) is 9.89 Å². The van der Waals surface area contributed by atoms with Gasteiger partial charge in [-0.05, 0) is 55.0 Å². The van der Waals surface area contributed by atoms with Crippen LogP contribution in [0, 0.1) is 12.7 Å². The Morgan fingerprint density at radius 2 is 1.74 bits per heavy atom. The average molecular weight is 468 g/mol. The van der Waals surface area contributed by atoms with Crippen LogP contribution in [-0.2, 0) is 11.2 Å². The minimum absolute atomic E-state index is 0.0101. The molecule has 4 nitrogen and oxygen atoms in total. The highest BCUT2D eigenvalue weighted by molar-refractivity contribution is 7.99. The molecule has 0 atom stereocenters. The minimum Gasteiger partial charge on any atom is -0.326 e. The van der Waals surface area contributed by atoms with Gasteiger partial charge in [0.15, 0.2) is 0 Å². The second-order valence-corrected chi connectivity index (χ2v) is 9.24. The molecule has 1 aromatic heterocycles. The number of carbonyl (C=O) groups is 1. The Kier molecular flexibility index (Phi) is 6.14. The number of benzene rings is 4. The highest BCUT2D eigenvalue weighted by Gasteiger charge is 2.11. The Morgan fingerprint density at radius 1 is 0.941 bits per heavy atom. The first-order valence-corrected chi connectivity index (χ1v) is 11.7. The first kappa shape index (κ1) is 21.9. The van der Waals surface area contributed by atoms with Crippen molar-refractivity contribution in [2.24, 2.45) is 0 Å². The molecule has 5 rings (SSSR count). The van der Waals surface area contributed by atoms with Gasteiger partial charge in [0.2, 0.25) is 5.91 Å². The molecule has 1 amide bonds. The highest BCUT2D eigenvalue weighted by atomic mass is 32.2. The first-order chi connectivity index (χ1) is 16.5. The third-order valence-corrected chi connectivity index (χ3v) is 6.50. The molecule has 0 saturated carbocycles. The van der Waals surface area contributed by atoms with Crippen molar-refractivity contribution in [1.29, 1.82) is 0 Å². The fourth-order valence-corrected chi connectivity index (χ4v) is 4.70. The SMILES string of the molecule is Cc1ccc(-c2n[nH]c3cc(Sc4cccc(NC(=O)Cc5ccccc5F)c4)ccc23)cc1. The quantitative estimate of drug-likeness (QED) is 0.282. The number of fused-ring (bicyclic) bond motifs is 1. The topological polar surface area (TPSA) is 57.8 Å². The van der Waals surface area contributed by atoms with Crippen molar-refractivity contribution in [3.05, 3.63) is 108 Å². The minimum atomic E-state index is -0.373. The summed E-state index contributed by atoms with van der Waals surface area (Å²) in [7, 11) is 0. The summed E-state index contributed by atoms with van der Waals surface area (Å²) in [6, 6.07) is 28.5. The molecule has 0 aliphatic rings. The number of nitrogens with zero attached hydrogens (tertiary/aromatic N) is 1. The van der Waals surface area contributed by atoms with Crippen LogP contribution in [0.2, 0.25) is 0 Å². The number of aromatic amines is 1. The van der Waals surface area contributed by atoms with Crippen LogP contribution in [0.15, 0.2) is 101 Å². The van der Waals surface area contributed by atoms with Gasteiger partial charge < -0.3 is 5.32 Å². The lowest BCUT2D eigenvalue weighted by Gasteiger charge is -2.08. The van der Waals surface area contributed by atoms with Gasteiger partial charge in [-0.25, -0.2) is 4.39 Å². The van der Waals surface area contributed by atoms with E-state index in [0.717, 1.165) is 32.0 Å². The van der Waals surface area contributed by atoms with Crippen LogP contribution in [0.3, 0.4) is 0 Å². The fraction of sp³-hybridized carbons (Fsp3) is 0.0714. The molecule has 34 heavy (non-hydrogen) atoms. The maximum absolute atomic E-state index is 13.8. The Labute approximate surface area is 201 Å². The van der Waals surface area contributed by atoms with Crippen molar-refractivity contribution in [2.45, 2.75) is 23.1 Å². The zero-order chi connectivity index (χ0) is 23.5. The van der Waals surface area contributed by atoms with Crippen molar-refractivity contribution < 1.29 is 9.18 Å². The zero-order valence-electron chi connectivity index (χ0n) is 18.5. The number of carbonyl (C=O) groups excluding carboxylic acids is 1. The molecule has 168 valence electrons. The standard InChI is InChI=1S/C28H22FN3OS/c1-18-9-11-19(12-10-18)28-24-14-13-23(17-26(24)31-32-28)34-22-7-4-6-21(16-22)30-27(33)15-20-5-2-3-8-25(20)29/h2-14,16-17H,15H2,1H3,(H,30,33)(H,31,32). The number of nitrogens with one attached hydrogen (secondary N) is 2. The molecular formula is C28H22FN3OS. The molecule has 0 spiro atoms. The van der Waals surface area contributed by atoms with Gasteiger partial charge in [-0.1, -0.05) is 65.9 Å². The van der Waals surface area contributed by atoms with E-state index in [-0.39, 0.29) is 18.1 Å².